The Hall–Kier alpha value is -0.650. The smallest absolute Gasteiger partial charge is 0.317 e. The fourth-order valence-electron chi connectivity index (χ4n) is 2.23. The van der Waals surface area contributed by atoms with Crippen molar-refractivity contribution in [1.82, 2.24) is 9.80 Å². The first-order chi connectivity index (χ1) is 7.90. The van der Waals surface area contributed by atoms with Gasteiger partial charge in [0.15, 0.2) is 0 Å². The maximum absolute atomic E-state index is 10.6. The van der Waals surface area contributed by atoms with Crippen LogP contribution in [0.3, 0.4) is 0 Å². The highest BCUT2D eigenvalue weighted by molar-refractivity contribution is 5.69. The van der Waals surface area contributed by atoms with Crippen molar-refractivity contribution in [2.24, 2.45) is 5.92 Å². The molecule has 1 aliphatic rings. The molecule has 2 atom stereocenters. The van der Waals surface area contributed by atoms with E-state index < -0.39 is 12.1 Å². The zero-order valence-corrected chi connectivity index (χ0v) is 11.0. The lowest BCUT2D eigenvalue weighted by Gasteiger charge is -2.24. The summed E-state index contributed by atoms with van der Waals surface area (Å²) in [4.78, 5) is 14.6. The number of likely N-dealkylation sites (N-methyl/N-ethyl adjacent to an activating group) is 1. The van der Waals surface area contributed by atoms with Gasteiger partial charge in [0.25, 0.3) is 0 Å². The van der Waals surface area contributed by atoms with E-state index in [0.717, 1.165) is 19.5 Å². The summed E-state index contributed by atoms with van der Waals surface area (Å²) >= 11 is 0. The van der Waals surface area contributed by atoms with Gasteiger partial charge in [-0.05, 0) is 25.9 Å². The number of carbonyl (C=O) groups is 1. The van der Waals surface area contributed by atoms with E-state index in [2.05, 4.69) is 18.7 Å². The van der Waals surface area contributed by atoms with Crippen LogP contribution >= 0.6 is 0 Å². The monoisotopic (exact) mass is 244 g/mol. The molecule has 1 aliphatic heterocycles. The number of nitrogens with zero attached hydrogens (tertiary/aromatic N) is 2. The van der Waals surface area contributed by atoms with Crippen LogP contribution in [0.4, 0.5) is 0 Å². The summed E-state index contributed by atoms with van der Waals surface area (Å²) in [7, 11) is 1.76. The molecule has 1 unspecified atom stereocenters. The van der Waals surface area contributed by atoms with Crippen LogP contribution in [-0.4, -0.2) is 71.4 Å². The summed E-state index contributed by atoms with van der Waals surface area (Å²) in [6.45, 7) is 6.74. The number of aliphatic carboxylic acids is 1. The summed E-state index contributed by atoms with van der Waals surface area (Å²) in [6.07, 6.45) is 0.675. The third kappa shape index (κ3) is 4.61. The molecule has 100 valence electrons. The largest absolute Gasteiger partial charge is 0.480 e. The SMILES string of the molecule is CC(C)CCN1CC(N(C)CC(=O)O)[C@H](O)C1. The van der Waals surface area contributed by atoms with Gasteiger partial charge in [-0.2, -0.15) is 0 Å². The first-order valence-electron chi connectivity index (χ1n) is 6.22. The zero-order chi connectivity index (χ0) is 13.0. The predicted octanol–water partition coefficient (Wildman–Crippen LogP) is 0.0940. The molecule has 0 aromatic heterocycles. The molecular weight excluding hydrogens is 220 g/mol. The molecule has 0 bridgehead atoms. The number of hydrogen-bond acceptors (Lipinski definition) is 4. The maximum atomic E-state index is 10.6. The van der Waals surface area contributed by atoms with Gasteiger partial charge in [0.2, 0.25) is 0 Å². The number of carboxylic acids is 1. The van der Waals surface area contributed by atoms with Crippen molar-refractivity contribution in [3.8, 4) is 0 Å². The van der Waals surface area contributed by atoms with Crippen LogP contribution in [0, 0.1) is 5.92 Å². The highest BCUT2D eigenvalue weighted by Gasteiger charge is 2.34. The maximum Gasteiger partial charge on any atom is 0.317 e. The summed E-state index contributed by atoms with van der Waals surface area (Å²) < 4.78 is 0. The topological polar surface area (TPSA) is 64.0 Å². The van der Waals surface area contributed by atoms with Gasteiger partial charge >= 0.3 is 5.97 Å². The van der Waals surface area contributed by atoms with E-state index in [9.17, 15) is 9.90 Å². The first kappa shape index (κ1) is 14.4. The van der Waals surface area contributed by atoms with Gasteiger partial charge in [0, 0.05) is 19.1 Å². The van der Waals surface area contributed by atoms with E-state index in [1.54, 1.807) is 11.9 Å². The number of carboxylic acid groups (broad SMARTS) is 1. The third-order valence-electron chi connectivity index (χ3n) is 3.31. The van der Waals surface area contributed by atoms with Crippen LogP contribution in [0.15, 0.2) is 0 Å². The van der Waals surface area contributed by atoms with Gasteiger partial charge < -0.3 is 10.2 Å². The lowest BCUT2D eigenvalue weighted by Crippen LogP contribution is -2.43. The Labute approximate surface area is 103 Å². The normalized spacial score (nSPS) is 26.0. The molecule has 1 rings (SSSR count). The van der Waals surface area contributed by atoms with Crippen molar-refractivity contribution in [2.45, 2.75) is 32.4 Å². The molecule has 0 amide bonds. The second kappa shape index (κ2) is 6.33. The number of aliphatic hydroxyl groups excluding tert-OH is 1. The minimum atomic E-state index is -0.847. The van der Waals surface area contributed by atoms with Crippen LogP contribution in [0.5, 0.6) is 0 Å². The Morgan fingerprint density at radius 2 is 2.12 bits per heavy atom. The summed E-state index contributed by atoms with van der Waals surface area (Å²) in [6, 6.07) is -0.0572. The highest BCUT2D eigenvalue weighted by atomic mass is 16.4. The molecule has 0 aromatic carbocycles. The number of hydrogen-bond donors (Lipinski definition) is 2. The van der Waals surface area contributed by atoms with Gasteiger partial charge in [-0.25, -0.2) is 0 Å². The number of likely N-dealkylation sites (tertiary alicyclic amines) is 1. The molecule has 0 spiro atoms. The average Bonchev–Trinajstić information content (AvgIpc) is 2.55. The van der Waals surface area contributed by atoms with Crippen molar-refractivity contribution in [1.29, 1.82) is 0 Å². The van der Waals surface area contributed by atoms with Gasteiger partial charge in [-0.1, -0.05) is 13.8 Å². The molecule has 5 nitrogen and oxygen atoms in total. The van der Waals surface area contributed by atoms with Gasteiger partial charge in [0.05, 0.1) is 12.6 Å². The molecule has 2 N–H and O–H groups in total. The molecule has 0 radical (unpaired) electrons. The number of aliphatic hydroxyl groups is 1. The standard InChI is InChI=1S/C12H24N2O3/c1-9(2)4-5-14-6-10(11(15)7-14)13(3)8-12(16)17/h9-11,15H,4-8H2,1-3H3,(H,16,17)/t10?,11-/m1/s1. The summed E-state index contributed by atoms with van der Waals surface area (Å²) in [5, 5.41) is 18.7. The molecule has 1 fully saturated rings. The van der Waals surface area contributed by atoms with Crippen molar-refractivity contribution >= 4 is 5.97 Å². The Morgan fingerprint density at radius 1 is 1.47 bits per heavy atom. The van der Waals surface area contributed by atoms with Gasteiger partial charge in [-0.15, -0.1) is 0 Å². The molecule has 1 heterocycles. The molecule has 0 aliphatic carbocycles. The lowest BCUT2D eigenvalue weighted by atomic mass is 10.1. The summed E-state index contributed by atoms with van der Waals surface area (Å²) in [5.41, 5.74) is 0. The lowest BCUT2D eigenvalue weighted by molar-refractivity contribution is -0.138. The van der Waals surface area contributed by atoms with E-state index in [-0.39, 0.29) is 12.6 Å². The van der Waals surface area contributed by atoms with Gasteiger partial charge in [0.1, 0.15) is 0 Å². The average molecular weight is 244 g/mol. The molecule has 1 saturated heterocycles. The van der Waals surface area contributed by atoms with E-state index in [4.69, 9.17) is 5.11 Å². The Balaban J connectivity index is 2.40. The molecular formula is C12H24N2O3. The highest BCUT2D eigenvalue weighted by Crippen LogP contribution is 2.16. The number of rotatable bonds is 6. The van der Waals surface area contributed by atoms with Crippen LogP contribution in [-0.2, 0) is 4.79 Å². The van der Waals surface area contributed by atoms with Crippen LogP contribution in [0.1, 0.15) is 20.3 Å². The zero-order valence-electron chi connectivity index (χ0n) is 11.0. The minimum absolute atomic E-state index is 0.0141. The number of β-amino-alcohol motifs (C(OH)–C–C–N with tert-alkyl or cyclic N) is 1. The third-order valence-corrected chi connectivity index (χ3v) is 3.31. The fourth-order valence-corrected chi connectivity index (χ4v) is 2.23. The summed E-state index contributed by atoms with van der Waals surface area (Å²) in [5.74, 6) is -0.191. The van der Waals surface area contributed by atoms with Crippen molar-refractivity contribution < 1.29 is 15.0 Å². The Bertz CT molecular complexity index is 258. The molecule has 0 saturated carbocycles. The second-order valence-corrected chi connectivity index (χ2v) is 5.39. The fraction of sp³-hybridized carbons (Fsp3) is 0.917. The quantitative estimate of drug-likeness (QED) is 0.693. The van der Waals surface area contributed by atoms with E-state index in [0.29, 0.717) is 12.5 Å². The van der Waals surface area contributed by atoms with Crippen LogP contribution < -0.4 is 0 Å². The minimum Gasteiger partial charge on any atom is -0.480 e. The van der Waals surface area contributed by atoms with Crippen LogP contribution in [0.2, 0.25) is 0 Å². The Kier molecular flexibility index (Phi) is 5.36. The van der Waals surface area contributed by atoms with E-state index in [1.165, 1.54) is 0 Å². The van der Waals surface area contributed by atoms with Gasteiger partial charge in [-0.3, -0.25) is 14.6 Å². The van der Waals surface area contributed by atoms with E-state index >= 15 is 0 Å². The molecule has 5 heteroatoms. The van der Waals surface area contributed by atoms with Crippen molar-refractivity contribution in [2.75, 3.05) is 33.2 Å². The predicted molar refractivity (Wildman–Crippen MR) is 66.0 cm³/mol. The van der Waals surface area contributed by atoms with E-state index in [1.807, 2.05) is 0 Å². The van der Waals surface area contributed by atoms with Crippen molar-refractivity contribution in [3.05, 3.63) is 0 Å². The first-order valence-corrected chi connectivity index (χ1v) is 6.22. The van der Waals surface area contributed by atoms with Crippen molar-refractivity contribution in [3.63, 3.8) is 0 Å². The molecule has 17 heavy (non-hydrogen) atoms. The van der Waals surface area contributed by atoms with Crippen LogP contribution in [0.25, 0.3) is 0 Å². The molecule has 0 aromatic rings. The second-order valence-electron chi connectivity index (χ2n) is 5.39. The Morgan fingerprint density at radius 3 is 2.65 bits per heavy atom.